The molecule has 10 heteroatoms. The van der Waals surface area contributed by atoms with Crippen LogP contribution in [0.5, 0.6) is 5.75 Å². The number of amides is 2. The number of nitrogens with zero attached hydrogens (tertiary/aromatic N) is 2. The fourth-order valence-electron chi connectivity index (χ4n) is 3.60. The molecule has 1 aliphatic rings. The average molecular weight is 474 g/mol. The first kappa shape index (κ1) is 25.4. The van der Waals surface area contributed by atoms with Gasteiger partial charge >= 0.3 is 0 Å². The average Bonchev–Trinajstić information content (AvgIpc) is 2.74. The highest BCUT2D eigenvalue weighted by molar-refractivity contribution is 7.89. The molecule has 0 saturated carbocycles. The summed E-state index contributed by atoms with van der Waals surface area (Å²) in [6, 6.07) is 4.01. The Morgan fingerprint density at radius 3 is 2.55 bits per heavy atom. The van der Waals surface area contributed by atoms with Crippen LogP contribution in [0.3, 0.4) is 0 Å². The molecule has 2 amide bonds. The number of hydrogen-bond donors (Lipinski definition) is 1. The van der Waals surface area contributed by atoms with Gasteiger partial charge in [0, 0.05) is 25.3 Å². The van der Waals surface area contributed by atoms with E-state index in [9.17, 15) is 18.0 Å². The lowest BCUT2D eigenvalue weighted by Crippen LogP contribution is -2.50. The lowest BCUT2D eigenvalue weighted by Gasteiger charge is -2.33. The van der Waals surface area contributed by atoms with Crippen LogP contribution in [0.4, 0.5) is 5.69 Å². The topological polar surface area (TPSA) is 96.0 Å². The highest BCUT2D eigenvalue weighted by atomic mass is 35.5. The van der Waals surface area contributed by atoms with Gasteiger partial charge in [-0.1, -0.05) is 24.9 Å². The maximum absolute atomic E-state index is 12.8. The summed E-state index contributed by atoms with van der Waals surface area (Å²) in [6.45, 7) is 7.03. The summed E-state index contributed by atoms with van der Waals surface area (Å²) in [4.78, 5) is 26.6. The molecule has 0 aliphatic carbocycles. The molecule has 0 aromatic heterocycles. The van der Waals surface area contributed by atoms with Gasteiger partial charge in [0.2, 0.25) is 15.9 Å². The van der Waals surface area contributed by atoms with E-state index in [0.717, 1.165) is 12.8 Å². The number of hydrogen-bond acceptors (Lipinski definition) is 5. The number of nitrogens with one attached hydrogen (secondary N) is 1. The van der Waals surface area contributed by atoms with E-state index in [1.54, 1.807) is 24.0 Å². The van der Waals surface area contributed by atoms with Crippen molar-refractivity contribution >= 4 is 39.1 Å². The third-order valence-electron chi connectivity index (χ3n) is 5.24. The Hall–Kier alpha value is -1.84. The first-order valence-corrected chi connectivity index (χ1v) is 12.7. The van der Waals surface area contributed by atoms with E-state index < -0.39 is 16.1 Å². The number of rotatable bonds is 10. The van der Waals surface area contributed by atoms with Gasteiger partial charge in [-0.2, -0.15) is 4.31 Å². The second-order valence-corrected chi connectivity index (χ2v) is 9.88. The smallest absolute Gasteiger partial charge is 0.260 e. The molecular formula is C21H32ClN3O5S. The summed E-state index contributed by atoms with van der Waals surface area (Å²) in [5.41, 5.74) is 0.441. The summed E-state index contributed by atoms with van der Waals surface area (Å²) in [5, 5.41) is 3.02. The minimum absolute atomic E-state index is 0.0286. The van der Waals surface area contributed by atoms with Gasteiger partial charge in [-0.15, -0.1) is 0 Å². The third-order valence-corrected chi connectivity index (χ3v) is 7.61. The van der Waals surface area contributed by atoms with Crippen molar-refractivity contribution in [1.82, 2.24) is 9.21 Å². The third kappa shape index (κ3) is 6.82. The minimum Gasteiger partial charge on any atom is -0.482 e. The predicted molar refractivity (Wildman–Crippen MR) is 122 cm³/mol. The number of sulfonamides is 1. The Bertz CT molecular complexity index is 874. The lowest BCUT2D eigenvalue weighted by atomic mass is 10.0. The van der Waals surface area contributed by atoms with Gasteiger partial charge in [-0.25, -0.2) is 8.42 Å². The molecule has 0 spiro atoms. The van der Waals surface area contributed by atoms with Gasteiger partial charge in [0.15, 0.2) is 6.61 Å². The first-order chi connectivity index (χ1) is 14.7. The number of likely N-dealkylation sites (N-methyl/N-ethyl adjacent to an activating group) is 1. The van der Waals surface area contributed by atoms with Crippen molar-refractivity contribution < 1.29 is 22.7 Å². The fraction of sp³-hybridized carbons (Fsp3) is 0.619. The molecule has 31 heavy (non-hydrogen) atoms. The number of carbonyl (C=O) groups is 2. The Morgan fingerprint density at radius 2 is 1.94 bits per heavy atom. The molecule has 1 unspecified atom stereocenters. The summed E-state index contributed by atoms with van der Waals surface area (Å²) in [6.07, 6.45) is 2.53. The van der Waals surface area contributed by atoms with Crippen LogP contribution >= 0.6 is 11.6 Å². The number of benzene rings is 1. The molecule has 1 saturated heterocycles. The summed E-state index contributed by atoms with van der Waals surface area (Å²) in [5.74, 6) is -0.143. The zero-order chi connectivity index (χ0) is 23.0. The Balaban J connectivity index is 2.04. The highest BCUT2D eigenvalue weighted by Gasteiger charge is 2.36. The summed E-state index contributed by atoms with van der Waals surface area (Å²) >= 11 is 6.26. The van der Waals surface area contributed by atoms with Gasteiger partial charge in [0.25, 0.3) is 5.91 Å². The van der Waals surface area contributed by atoms with Gasteiger partial charge < -0.3 is 15.0 Å². The van der Waals surface area contributed by atoms with Crippen LogP contribution in [0.2, 0.25) is 5.02 Å². The zero-order valence-corrected chi connectivity index (χ0v) is 20.0. The molecule has 8 nitrogen and oxygen atoms in total. The number of halogens is 1. The molecule has 1 aliphatic heterocycles. The summed E-state index contributed by atoms with van der Waals surface area (Å²) < 4.78 is 31.9. The van der Waals surface area contributed by atoms with Gasteiger partial charge in [0.1, 0.15) is 11.8 Å². The van der Waals surface area contributed by atoms with Crippen molar-refractivity contribution in [2.24, 2.45) is 0 Å². The molecule has 0 radical (unpaired) electrons. The molecule has 1 atom stereocenters. The largest absolute Gasteiger partial charge is 0.482 e. The number of anilines is 1. The van der Waals surface area contributed by atoms with E-state index in [1.807, 2.05) is 13.8 Å². The van der Waals surface area contributed by atoms with Crippen LogP contribution < -0.4 is 10.1 Å². The molecule has 1 aromatic carbocycles. The summed E-state index contributed by atoms with van der Waals surface area (Å²) in [7, 11) is -3.47. The predicted octanol–water partition coefficient (Wildman–Crippen LogP) is 3.12. The maximum atomic E-state index is 12.8. The van der Waals surface area contributed by atoms with E-state index >= 15 is 0 Å². The molecule has 1 N–H and O–H groups in total. The number of carbonyl (C=O) groups excluding carboxylic acids is 2. The van der Waals surface area contributed by atoms with Gasteiger partial charge in [0.05, 0.1) is 10.8 Å². The van der Waals surface area contributed by atoms with Crippen molar-refractivity contribution in [3.8, 4) is 5.75 Å². The molecular weight excluding hydrogens is 442 g/mol. The Morgan fingerprint density at radius 1 is 1.23 bits per heavy atom. The van der Waals surface area contributed by atoms with Gasteiger partial charge in [-0.05, 0) is 51.3 Å². The number of ether oxygens (including phenoxy) is 1. The van der Waals surface area contributed by atoms with Crippen LogP contribution in [-0.2, 0) is 19.6 Å². The van der Waals surface area contributed by atoms with E-state index in [4.69, 9.17) is 16.3 Å². The van der Waals surface area contributed by atoms with E-state index in [-0.39, 0.29) is 29.2 Å². The van der Waals surface area contributed by atoms with E-state index in [2.05, 4.69) is 5.32 Å². The van der Waals surface area contributed by atoms with Crippen LogP contribution in [0.1, 0.15) is 46.5 Å². The standard InChI is InChI=1S/C21H32ClN3O5S/c1-4-13-31(28,29)25-12-8-7-9-18(25)21(27)23-16-10-11-19(17(22)14-16)30-15-20(26)24(5-2)6-3/h10-11,14,18H,4-9,12-13,15H2,1-3H3,(H,23,27). The second kappa shape index (κ2) is 11.7. The second-order valence-electron chi connectivity index (χ2n) is 7.43. The monoisotopic (exact) mass is 473 g/mol. The quantitative estimate of drug-likeness (QED) is 0.563. The molecule has 1 aromatic rings. The molecule has 2 rings (SSSR count). The number of piperidine rings is 1. The van der Waals surface area contributed by atoms with Crippen LogP contribution in [-0.4, -0.2) is 67.5 Å². The minimum atomic E-state index is -3.47. The van der Waals surface area contributed by atoms with E-state index in [1.165, 1.54) is 10.4 Å². The van der Waals surface area contributed by atoms with Crippen LogP contribution in [0.25, 0.3) is 0 Å². The Kier molecular flexibility index (Phi) is 9.58. The SMILES string of the molecule is CCCS(=O)(=O)N1CCCCC1C(=O)Nc1ccc(OCC(=O)N(CC)CC)c(Cl)c1. The van der Waals surface area contributed by atoms with Crippen molar-refractivity contribution in [2.75, 3.05) is 37.3 Å². The molecule has 1 fully saturated rings. The van der Waals surface area contributed by atoms with E-state index in [0.29, 0.717) is 43.9 Å². The fourth-order valence-corrected chi connectivity index (χ4v) is 5.59. The van der Waals surface area contributed by atoms with Crippen molar-refractivity contribution in [1.29, 1.82) is 0 Å². The lowest BCUT2D eigenvalue weighted by molar-refractivity contribution is -0.133. The maximum Gasteiger partial charge on any atom is 0.260 e. The van der Waals surface area contributed by atoms with Crippen molar-refractivity contribution in [2.45, 2.75) is 52.5 Å². The van der Waals surface area contributed by atoms with Crippen molar-refractivity contribution in [3.63, 3.8) is 0 Å². The van der Waals surface area contributed by atoms with Gasteiger partial charge in [-0.3, -0.25) is 9.59 Å². The Labute approximate surface area is 189 Å². The molecule has 0 bridgehead atoms. The molecule has 1 heterocycles. The first-order valence-electron chi connectivity index (χ1n) is 10.7. The highest BCUT2D eigenvalue weighted by Crippen LogP contribution is 2.29. The van der Waals surface area contributed by atoms with Crippen molar-refractivity contribution in [3.05, 3.63) is 23.2 Å². The molecule has 174 valence electrons. The zero-order valence-electron chi connectivity index (χ0n) is 18.4. The van der Waals surface area contributed by atoms with Crippen LogP contribution in [0, 0.1) is 0 Å². The van der Waals surface area contributed by atoms with Crippen LogP contribution in [0.15, 0.2) is 18.2 Å². The normalized spacial score (nSPS) is 17.2.